The average Bonchev–Trinajstić information content (AvgIpc) is 2.95. The van der Waals surface area contributed by atoms with E-state index in [1.165, 1.54) is 18.1 Å². The quantitative estimate of drug-likeness (QED) is 0.927. The molecule has 0 atom stereocenters. The first kappa shape index (κ1) is 16.5. The zero-order valence-electron chi connectivity index (χ0n) is 13.2. The van der Waals surface area contributed by atoms with Gasteiger partial charge in [-0.25, -0.2) is 19.6 Å². The highest BCUT2D eigenvalue weighted by Crippen LogP contribution is 2.23. The number of carboxylic acids is 1. The molecule has 2 heterocycles. The number of pyridine rings is 1. The topological polar surface area (TPSA) is 106 Å². The number of hydrogen-bond acceptors (Lipinski definition) is 6. The number of hydrogen-bond donors (Lipinski definition) is 1. The number of oxazole rings is 1. The van der Waals surface area contributed by atoms with Crippen LogP contribution in [0, 0.1) is 0 Å². The number of amides is 1. The summed E-state index contributed by atoms with van der Waals surface area (Å²) >= 11 is 0. The minimum absolute atomic E-state index is 0.128. The molecule has 1 amide bonds. The van der Waals surface area contributed by atoms with E-state index in [4.69, 9.17) is 14.3 Å². The molecule has 0 saturated carbocycles. The fourth-order valence-electron chi connectivity index (χ4n) is 1.66. The Morgan fingerprint density at radius 2 is 2.04 bits per heavy atom. The molecule has 1 N–H and O–H groups in total. The van der Waals surface area contributed by atoms with Crippen molar-refractivity contribution in [3.05, 3.63) is 30.3 Å². The summed E-state index contributed by atoms with van der Waals surface area (Å²) in [5.74, 6) is -0.726. The Bertz CT molecular complexity index is 733. The lowest BCUT2D eigenvalue weighted by atomic mass is 10.2. The van der Waals surface area contributed by atoms with Crippen molar-refractivity contribution in [3.8, 4) is 11.5 Å². The van der Waals surface area contributed by atoms with Gasteiger partial charge in [0.2, 0.25) is 5.89 Å². The summed E-state index contributed by atoms with van der Waals surface area (Å²) in [6.45, 7) is 5.30. The predicted molar refractivity (Wildman–Crippen MR) is 81.3 cm³/mol. The molecule has 0 aliphatic heterocycles. The second-order valence-electron chi connectivity index (χ2n) is 5.79. The first-order valence-corrected chi connectivity index (χ1v) is 6.79. The maximum Gasteiger partial charge on any atom is 0.415 e. The van der Waals surface area contributed by atoms with Gasteiger partial charge in [-0.05, 0) is 32.9 Å². The van der Waals surface area contributed by atoms with Gasteiger partial charge in [-0.1, -0.05) is 0 Å². The third kappa shape index (κ3) is 4.06. The summed E-state index contributed by atoms with van der Waals surface area (Å²) < 4.78 is 10.4. The Balaban J connectivity index is 2.25. The van der Waals surface area contributed by atoms with Crippen molar-refractivity contribution in [2.75, 3.05) is 11.9 Å². The Morgan fingerprint density at radius 1 is 1.35 bits per heavy atom. The first-order valence-electron chi connectivity index (χ1n) is 6.79. The number of aromatic nitrogens is 2. The van der Waals surface area contributed by atoms with E-state index in [2.05, 4.69) is 9.97 Å². The van der Waals surface area contributed by atoms with Crippen LogP contribution in [0.5, 0.6) is 0 Å². The lowest BCUT2D eigenvalue weighted by Crippen LogP contribution is -2.34. The van der Waals surface area contributed by atoms with Crippen molar-refractivity contribution in [2.45, 2.75) is 26.4 Å². The molecular formula is C15H17N3O5. The van der Waals surface area contributed by atoms with Crippen LogP contribution in [-0.4, -0.2) is 39.8 Å². The average molecular weight is 319 g/mol. The third-order valence-corrected chi connectivity index (χ3v) is 2.73. The molecule has 8 nitrogen and oxygen atoms in total. The lowest BCUT2D eigenvalue weighted by molar-refractivity contribution is 0.0587. The van der Waals surface area contributed by atoms with Crippen molar-refractivity contribution in [2.24, 2.45) is 0 Å². The SMILES string of the molecule is CN(C(=O)OC(C)(C)C)c1cc(-c2nc(C(=O)O)co2)ccn1. The molecule has 0 aromatic carbocycles. The molecule has 0 saturated heterocycles. The molecule has 0 fully saturated rings. The second kappa shape index (κ2) is 6.07. The van der Waals surface area contributed by atoms with E-state index in [0.29, 0.717) is 11.4 Å². The van der Waals surface area contributed by atoms with Crippen LogP contribution in [-0.2, 0) is 4.74 Å². The molecule has 122 valence electrons. The van der Waals surface area contributed by atoms with Crippen molar-refractivity contribution in [1.29, 1.82) is 0 Å². The first-order chi connectivity index (χ1) is 10.7. The van der Waals surface area contributed by atoms with Gasteiger partial charge in [-0.15, -0.1) is 0 Å². The van der Waals surface area contributed by atoms with Crippen LogP contribution in [0.2, 0.25) is 0 Å². The zero-order valence-corrected chi connectivity index (χ0v) is 13.2. The number of rotatable bonds is 3. The van der Waals surface area contributed by atoms with Gasteiger partial charge in [0.25, 0.3) is 0 Å². The van der Waals surface area contributed by atoms with Gasteiger partial charge in [0, 0.05) is 18.8 Å². The number of aromatic carboxylic acids is 1. The van der Waals surface area contributed by atoms with Crippen molar-refractivity contribution in [1.82, 2.24) is 9.97 Å². The summed E-state index contributed by atoms with van der Waals surface area (Å²) in [7, 11) is 1.53. The molecule has 23 heavy (non-hydrogen) atoms. The standard InChI is InChI=1S/C15H17N3O5/c1-15(2,3)23-14(21)18(4)11-7-9(5-6-16-11)12-17-10(8-22-12)13(19)20/h5-8H,1-4H3,(H,19,20). The summed E-state index contributed by atoms with van der Waals surface area (Å²) in [5, 5.41) is 8.86. The summed E-state index contributed by atoms with van der Waals surface area (Å²) in [4.78, 5) is 32.1. The van der Waals surface area contributed by atoms with Crippen LogP contribution in [0.25, 0.3) is 11.5 Å². The highest BCUT2D eigenvalue weighted by Gasteiger charge is 2.22. The minimum atomic E-state index is -1.18. The van der Waals surface area contributed by atoms with Crippen LogP contribution < -0.4 is 4.90 Å². The molecule has 0 aliphatic carbocycles. The van der Waals surface area contributed by atoms with Crippen molar-refractivity contribution >= 4 is 17.9 Å². The second-order valence-corrected chi connectivity index (χ2v) is 5.79. The van der Waals surface area contributed by atoms with Gasteiger partial charge in [-0.3, -0.25) is 4.90 Å². The zero-order chi connectivity index (χ0) is 17.2. The maximum atomic E-state index is 12.0. The Morgan fingerprint density at radius 3 is 2.61 bits per heavy atom. The van der Waals surface area contributed by atoms with Gasteiger partial charge in [0.15, 0.2) is 5.69 Å². The van der Waals surface area contributed by atoms with Crippen molar-refractivity contribution in [3.63, 3.8) is 0 Å². The van der Waals surface area contributed by atoms with Gasteiger partial charge in [-0.2, -0.15) is 0 Å². The molecule has 0 aliphatic rings. The molecule has 8 heteroatoms. The van der Waals surface area contributed by atoms with Crippen LogP contribution in [0.15, 0.2) is 29.0 Å². The third-order valence-electron chi connectivity index (χ3n) is 2.73. The van der Waals surface area contributed by atoms with Crippen LogP contribution in [0.4, 0.5) is 10.6 Å². The molecule has 2 aromatic rings. The maximum absolute atomic E-state index is 12.0. The van der Waals surface area contributed by atoms with E-state index in [1.54, 1.807) is 32.9 Å². The van der Waals surface area contributed by atoms with E-state index in [0.717, 1.165) is 6.26 Å². The van der Waals surface area contributed by atoms with Gasteiger partial charge < -0.3 is 14.3 Å². The Hall–Kier alpha value is -2.90. The van der Waals surface area contributed by atoms with E-state index in [9.17, 15) is 9.59 Å². The molecule has 2 aromatic heterocycles. The number of carbonyl (C=O) groups is 2. The number of anilines is 1. The van der Waals surface area contributed by atoms with E-state index >= 15 is 0 Å². The Kier molecular flexibility index (Phi) is 4.35. The van der Waals surface area contributed by atoms with E-state index in [-0.39, 0.29) is 11.6 Å². The largest absolute Gasteiger partial charge is 0.476 e. The molecule has 0 radical (unpaired) electrons. The molecule has 0 bridgehead atoms. The highest BCUT2D eigenvalue weighted by molar-refractivity contribution is 5.87. The lowest BCUT2D eigenvalue weighted by Gasteiger charge is -2.24. The molecular weight excluding hydrogens is 302 g/mol. The van der Waals surface area contributed by atoms with Crippen molar-refractivity contribution < 1.29 is 23.8 Å². The number of ether oxygens (including phenoxy) is 1. The van der Waals surface area contributed by atoms with Gasteiger partial charge >= 0.3 is 12.1 Å². The fraction of sp³-hybridized carbons (Fsp3) is 0.333. The number of nitrogens with zero attached hydrogens (tertiary/aromatic N) is 3. The number of carbonyl (C=O) groups excluding carboxylic acids is 1. The molecule has 2 rings (SSSR count). The van der Waals surface area contributed by atoms with E-state index in [1.807, 2.05) is 0 Å². The smallest absolute Gasteiger partial charge is 0.415 e. The van der Waals surface area contributed by atoms with Crippen LogP contribution in [0.3, 0.4) is 0 Å². The normalized spacial score (nSPS) is 11.1. The Labute approximate surface area is 132 Å². The number of carboxylic acid groups (broad SMARTS) is 1. The summed E-state index contributed by atoms with van der Waals surface area (Å²) in [6, 6.07) is 3.16. The monoisotopic (exact) mass is 319 g/mol. The minimum Gasteiger partial charge on any atom is -0.476 e. The van der Waals surface area contributed by atoms with Gasteiger partial charge in [0.05, 0.1) is 0 Å². The molecule has 0 unspecified atom stereocenters. The van der Waals surface area contributed by atoms with Gasteiger partial charge in [0.1, 0.15) is 17.7 Å². The summed E-state index contributed by atoms with van der Waals surface area (Å²) in [6.07, 6.45) is 1.96. The van der Waals surface area contributed by atoms with Crippen LogP contribution in [0.1, 0.15) is 31.3 Å². The fourth-order valence-corrected chi connectivity index (χ4v) is 1.66. The summed E-state index contributed by atoms with van der Waals surface area (Å²) in [5.41, 5.74) is -0.321. The predicted octanol–water partition coefficient (Wildman–Crippen LogP) is 2.81. The highest BCUT2D eigenvalue weighted by atomic mass is 16.6. The van der Waals surface area contributed by atoms with Crippen LogP contribution >= 0.6 is 0 Å². The molecule has 0 spiro atoms. The van der Waals surface area contributed by atoms with E-state index < -0.39 is 17.7 Å².